The first-order valence-corrected chi connectivity index (χ1v) is 7.21. The number of H-pyrrole nitrogens is 1. The van der Waals surface area contributed by atoms with Crippen LogP contribution >= 0.6 is 28.1 Å². The Morgan fingerprint density at radius 1 is 1.30 bits per heavy atom. The smallest absolute Gasteiger partial charge is 0.200 e. The minimum atomic E-state index is 0.549. The van der Waals surface area contributed by atoms with Crippen molar-refractivity contribution in [2.24, 2.45) is 0 Å². The highest BCUT2D eigenvalue weighted by Crippen LogP contribution is 2.27. The molecule has 2 heterocycles. The predicted octanol–water partition coefficient (Wildman–Crippen LogP) is 4.06. The van der Waals surface area contributed by atoms with Crippen LogP contribution in [0.4, 0.5) is 0 Å². The third-order valence-corrected chi connectivity index (χ3v) is 3.85. The molecule has 0 radical (unpaired) electrons. The number of aromatic nitrogens is 4. The lowest BCUT2D eigenvalue weighted by Gasteiger charge is -2.09. The molecule has 0 amide bonds. The summed E-state index contributed by atoms with van der Waals surface area (Å²) in [6, 6.07) is 9.95. The Balaban J connectivity index is 2.25. The van der Waals surface area contributed by atoms with Gasteiger partial charge in [0.25, 0.3) is 0 Å². The molecule has 0 aliphatic carbocycles. The van der Waals surface area contributed by atoms with Crippen molar-refractivity contribution >= 4 is 28.1 Å². The Bertz CT molecular complexity index is 808. The van der Waals surface area contributed by atoms with E-state index in [0.717, 1.165) is 21.5 Å². The molecule has 3 rings (SSSR count). The van der Waals surface area contributed by atoms with Crippen molar-refractivity contribution in [1.29, 1.82) is 0 Å². The topological polar surface area (TPSA) is 46.5 Å². The van der Waals surface area contributed by atoms with Gasteiger partial charge in [0, 0.05) is 22.4 Å². The number of hydrogen-bond acceptors (Lipinski definition) is 3. The van der Waals surface area contributed by atoms with Crippen molar-refractivity contribution in [1.82, 2.24) is 19.7 Å². The zero-order valence-electron chi connectivity index (χ0n) is 10.7. The molecule has 100 valence electrons. The number of nitrogens with zero attached hydrogens (tertiary/aromatic N) is 3. The van der Waals surface area contributed by atoms with E-state index in [0.29, 0.717) is 4.77 Å². The first kappa shape index (κ1) is 13.2. The Hall–Kier alpha value is -1.79. The van der Waals surface area contributed by atoms with Gasteiger partial charge in [-0.15, -0.1) is 0 Å². The van der Waals surface area contributed by atoms with Gasteiger partial charge in [0.1, 0.15) is 0 Å². The zero-order chi connectivity index (χ0) is 14.1. The van der Waals surface area contributed by atoms with Gasteiger partial charge in [-0.2, -0.15) is 5.10 Å². The van der Waals surface area contributed by atoms with Gasteiger partial charge in [-0.25, -0.2) is 0 Å². The standard InChI is InChI=1S/C14H11BrN4S/c1-9-4-5-12(11(15)7-9)19-13(17-18-14(19)20)10-3-2-6-16-8-10/h2-8H,1H3,(H,18,20). The van der Waals surface area contributed by atoms with Crippen LogP contribution in [0.5, 0.6) is 0 Å². The van der Waals surface area contributed by atoms with Gasteiger partial charge in [0.2, 0.25) is 0 Å². The average Bonchev–Trinajstić information content (AvgIpc) is 2.82. The van der Waals surface area contributed by atoms with E-state index in [1.807, 2.05) is 35.8 Å². The lowest BCUT2D eigenvalue weighted by atomic mass is 10.2. The van der Waals surface area contributed by atoms with E-state index < -0.39 is 0 Å². The Morgan fingerprint density at radius 2 is 2.15 bits per heavy atom. The van der Waals surface area contributed by atoms with Crippen LogP contribution in [0, 0.1) is 11.7 Å². The molecule has 0 atom stereocenters. The number of benzene rings is 1. The Labute approximate surface area is 129 Å². The molecule has 0 saturated carbocycles. The van der Waals surface area contributed by atoms with E-state index in [1.165, 1.54) is 5.56 Å². The maximum atomic E-state index is 5.35. The first-order chi connectivity index (χ1) is 9.66. The fourth-order valence-electron chi connectivity index (χ4n) is 2.00. The van der Waals surface area contributed by atoms with Crippen molar-refractivity contribution in [3.05, 3.63) is 57.5 Å². The molecule has 20 heavy (non-hydrogen) atoms. The molecule has 3 aromatic rings. The summed E-state index contributed by atoms with van der Waals surface area (Å²) in [5, 5.41) is 7.15. The van der Waals surface area contributed by atoms with E-state index in [9.17, 15) is 0 Å². The van der Waals surface area contributed by atoms with Gasteiger partial charge < -0.3 is 0 Å². The minimum absolute atomic E-state index is 0.549. The highest BCUT2D eigenvalue weighted by atomic mass is 79.9. The van der Waals surface area contributed by atoms with Gasteiger partial charge in [0.05, 0.1) is 5.69 Å². The summed E-state index contributed by atoms with van der Waals surface area (Å²) in [5.41, 5.74) is 3.04. The molecule has 0 fully saturated rings. The lowest BCUT2D eigenvalue weighted by molar-refractivity contribution is 1.03. The Kier molecular flexibility index (Phi) is 3.50. The molecule has 4 nitrogen and oxygen atoms in total. The summed E-state index contributed by atoms with van der Waals surface area (Å²) < 4.78 is 3.42. The molecular formula is C14H11BrN4S. The molecule has 0 aliphatic heterocycles. The van der Waals surface area contributed by atoms with Crippen LogP contribution in [-0.4, -0.2) is 19.7 Å². The van der Waals surface area contributed by atoms with Gasteiger partial charge in [-0.3, -0.25) is 14.6 Å². The number of aromatic amines is 1. The van der Waals surface area contributed by atoms with E-state index in [2.05, 4.69) is 37.2 Å². The molecule has 1 aromatic carbocycles. The number of rotatable bonds is 2. The van der Waals surface area contributed by atoms with Crippen molar-refractivity contribution in [2.45, 2.75) is 6.92 Å². The van der Waals surface area contributed by atoms with Crippen LogP contribution in [-0.2, 0) is 0 Å². The largest absolute Gasteiger partial charge is 0.267 e. The molecule has 6 heteroatoms. The summed E-state index contributed by atoms with van der Waals surface area (Å²) in [4.78, 5) is 4.13. The molecule has 0 aliphatic rings. The van der Waals surface area contributed by atoms with E-state index >= 15 is 0 Å². The number of pyridine rings is 1. The van der Waals surface area contributed by atoms with Crippen LogP contribution in [0.3, 0.4) is 0 Å². The second-order valence-corrected chi connectivity index (χ2v) is 5.63. The van der Waals surface area contributed by atoms with Crippen molar-refractivity contribution in [2.75, 3.05) is 0 Å². The summed E-state index contributed by atoms with van der Waals surface area (Å²) >= 11 is 8.94. The average molecular weight is 347 g/mol. The zero-order valence-corrected chi connectivity index (χ0v) is 13.1. The van der Waals surface area contributed by atoms with E-state index in [1.54, 1.807) is 12.4 Å². The summed E-state index contributed by atoms with van der Waals surface area (Å²) in [5.74, 6) is 0.743. The maximum absolute atomic E-state index is 5.35. The fourth-order valence-corrected chi connectivity index (χ4v) is 2.90. The second kappa shape index (κ2) is 5.30. The first-order valence-electron chi connectivity index (χ1n) is 6.01. The molecule has 0 unspecified atom stereocenters. The van der Waals surface area contributed by atoms with Gasteiger partial charge in [-0.05, 0) is 64.9 Å². The molecule has 1 N–H and O–H groups in total. The Morgan fingerprint density at radius 3 is 2.85 bits per heavy atom. The van der Waals surface area contributed by atoms with Crippen LogP contribution in [0.2, 0.25) is 0 Å². The van der Waals surface area contributed by atoms with Gasteiger partial charge in [-0.1, -0.05) is 6.07 Å². The highest BCUT2D eigenvalue weighted by molar-refractivity contribution is 9.10. The number of hydrogen-bond donors (Lipinski definition) is 1. The quantitative estimate of drug-likeness (QED) is 0.711. The number of halogens is 1. The van der Waals surface area contributed by atoms with Crippen LogP contribution in [0.25, 0.3) is 17.1 Å². The normalized spacial score (nSPS) is 10.7. The molecule has 0 bridgehead atoms. The van der Waals surface area contributed by atoms with Crippen LogP contribution < -0.4 is 0 Å². The van der Waals surface area contributed by atoms with E-state index in [-0.39, 0.29) is 0 Å². The maximum Gasteiger partial charge on any atom is 0.200 e. The third kappa shape index (κ3) is 2.32. The van der Waals surface area contributed by atoms with Crippen molar-refractivity contribution in [3.63, 3.8) is 0 Å². The summed E-state index contributed by atoms with van der Waals surface area (Å²) in [6.45, 7) is 2.05. The third-order valence-electron chi connectivity index (χ3n) is 2.94. The molecule has 0 spiro atoms. The van der Waals surface area contributed by atoms with Crippen LogP contribution in [0.15, 0.2) is 47.2 Å². The van der Waals surface area contributed by atoms with E-state index in [4.69, 9.17) is 12.2 Å². The number of nitrogens with one attached hydrogen (secondary N) is 1. The van der Waals surface area contributed by atoms with Gasteiger partial charge >= 0.3 is 0 Å². The highest BCUT2D eigenvalue weighted by Gasteiger charge is 2.13. The molecule has 0 saturated heterocycles. The minimum Gasteiger partial charge on any atom is -0.267 e. The predicted molar refractivity (Wildman–Crippen MR) is 84.4 cm³/mol. The molecular weight excluding hydrogens is 336 g/mol. The van der Waals surface area contributed by atoms with Gasteiger partial charge in [0.15, 0.2) is 10.6 Å². The van der Waals surface area contributed by atoms with Crippen molar-refractivity contribution in [3.8, 4) is 17.1 Å². The monoisotopic (exact) mass is 346 g/mol. The van der Waals surface area contributed by atoms with Crippen LogP contribution in [0.1, 0.15) is 5.56 Å². The summed E-state index contributed by atoms with van der Waals surface area (Å²) in [7, 11) is 0. The second-order valence-electron chi connectivity index (χ2n) is 4.38. The number of aryl methyl sites for hydroxylation is 1. The fraction of sp³-hybridized carbons (Fsp3) is 0.0714. The van der Waals surface area contributed by atoms with Crippen molar-refractivity contribution < 1.29 is 0 Å². The lowest BCUT2D eigenvalue weighted by Crippen LogP contribution is -1.99. The SMILES string of the molecule is Cc1ccc(-n2c(-c3cccnc3)n[nH]c2=S)c(Br)c1. The summed E-state index contributed by atoms with van der Waals surface area (Å²) in [6.07, 6.45) is 3.50. The molecule has 2 aromatic heterocycles.